The fourth-order valence-corrected chi connectivity index (χ4v) is 1.07. The Hall–Kier alpha value is -1.55. The maximum Gasteiger partial charge on any atom is 0.370 e. The van der Waals surface area contributed by atoms with Crippen LogP contribution in [0.15, 0.2) is 24.3 Å². The highest BCUT2D eigenvalue weighted by atomic mass is 15.3. The first-order valence-electron chi connectivity index (χ1n) is 3.37. The smallest absolute Gasteiger partial charge is 0.240 e. The van der Waals surface area contributed by atoms with Gasteiger partial charge in [0.25, 0.3) is 0 Å². The Labute approximate surface area is 63.4 Å². The van der Waals surface area contributed by atoms with Gasteiger partial charge in [-0.05, 0) is 12.1 Å². The summed E-state index contributed by atoms with van der Waals surface area (Å²) in [6.07, 6.45) is 0. The van der Waals surface area contributed by atoms with E-state index in [2.05, 4.69) is 15.4 Å². The molecule has 0 amide bonds. The number of anilines is 1. The van der Waals surface area contributed by atoms with E-state index in [0.717, 1.165) is 11.0 Å². The van der Waals surface area contributed by atoms with Gasteiger partial charge in [0.2, 0.25) is 0 Å². The number of para-hydroxylation sites is 2. The Kier molecular flexibility index (Phi) is 1.26. The number of aromatic amines is 2. The summed E-state index contributed by atoms with van der Waals surface area (Å²) in [5.41, 5.74) is 4.59. The van der Waals surface area contributed by atoms with Crippen molar-refractivity contribution in [2.24, 2.45) is 5.84 Å². The lowest BCUT2D eigenvalue weighted by atomic mass is 10.3. The van der Waals surface area contributed by atoms with Gasteiger partial charge in [-0.1, -0.05) is 12.1 Å². The SMILES string of the molecule is NNc1[nH]c2ccccc2[nH+]1. The number of nitrogens with one attached hydrogen (secondary N) is 3. The van der Waals surface area contributed by atoms with Gasteiger partial charge in [-0.15, -0.1) is 0 Å². The van der Waals surface area contributed by atoms with E-state index in [1.165, 1.54) is 0 Å². The van der Waals surface area contributed by atoms with E-state index >= 15 is 0 Å². The molecule has 0 fully saturated rings. The second-order valence-electron chi connectivity index (χ2n) is 2.31. The summed E-state index contributed by atoms with van der Waals surface area (Å²) in [5, 5.41) is 0. The highest BCUT2D eigenvalue weighted by molar-refractivity contribution is 5.72. The highest BCUT2D eigenvalue weighted by Gasteiger charge is 2.03. The average Bonchev–Trinajstić information content (AvgIpc) is 2.46. The van der Waals surface area contributed by atoms with Gasteiger partial charge >= 0.3 is 5.95 Å². The van der Waals surface area contributed by atoms with E-state index in [1.807, 2.05) is 24.3 Å². The zero-order valence-electron chi connectivity index (χ0n) is 5.89. The second kappa shape index (κ2) is 2.25. The molecule has 5 N–H and O–H groups in total. The van der Waals surface area contributed by atoms with Crippen molar-refractivity contribution in [1.29, 1.82) is 0 Å². The summed E-state index contributed by atoms with van der Waals surface area (Å²) in [7, 11) is 0. The molecule has 4 heteroatoms. The van der Waals surface area contributed by atoms with E-state index in [4.69, 9.17) is 5.84 Å². The quantitative estimate of drug-likeness (QED) is 0.402. The van der Waals surface area contributed by atoms with E-state index < -0.39 is 0 Å². The van der Waals surface area contributed by atoms with Crippen molar-refractivity contribution in [2.45, 2.75) is 0 Å². The maximum atomic E-state index is 5.20. The molecule has 4 nitrogen and oxygen atoms in total. The van der Waals surface area contributed by atoms with Crippen LogP contribution in [0, 0.1) is 0 Å². The lowest BCUT2D eigenvalue weighted by Gasteiger charge is -1.77. The first kappa shape index (κ1) is 6.18. The molecule has 0 aliphatic rings. The maximum absolute atomic E-state index is 5.20. The number of hydrazine groups is 1. The van der Waals surface area contributed by atoms with Gasteiger partial charge in [0.1, 0.15) is 11.0 Å². The average molecular weight is 149 g/mol. The molecule has 56 valence electrons. The van der Waals surface area contributed by atoms with E-state index in [-0.39, 0.29) is 0 Å². The van der Waals surface area contributed by atoms with Gasteiger partial charge < -0.3 is 0 Å². The third kappa shape index (κ3) is 0.929. The number of nitrogens with two attached hydrogens (primary N) is 1. The fourth-order valence-electron chi connectivity index (χ4n) is 1.07. The van der Waals surface area contributed by atoms with Crippen molar-refractivity contribution < 1.29 is 4.98 Å². The van der Waals surface area contributed by atoms with Gasteiger partial charge in [-0.2, -0.15) is 5.84 Å². The van der Waals surface area contributed by atoms with Gasteiger partial charge in [0.15, 0.2) is 0 Å². The minimum absolute atomic E-state index is 0.714. The molecule has 2 aromatic rings. The summed E-state index contributed by atoms with van der Waals surface area (Å²) in [6, 6.07) is 7.89. The van der Waals surface area contributed by atoms with Crippen LogP contribution in [0.4, 0.5) is 5.95 Å². The van der Waals surface area contributed by atoms with Crippen LogP contribution in [0.5, 0.6) is 0 Å². The minimum atomic E-state index is 0.714. The van der Waals surface area contributed by atoms with Gasteiger partial charge in [0, 0.05) is 0 Å². The second-order valence-corrected chi connectivity index (χ2v) is 2.31. The molecular formula is C7H9N4+. The Balaban J connectivity index is 2.69. The van der Waals surface area contributed by atoms with Crippen LogP contribution < -0.4 is 16.3 Å². The van der Waals surface area contributed by atoms with Crippen LogP contribution in [0.3, 0.4) is 0 Å². The predicted molar refractivity (Wildman–Crippen MR) is 42.7 cm³/mol. The molecule has 0 unspecified atom stereocenters. The predicted octanol–water partition coefficient (Wildman–Crippen LogP) is 0.268. The molecule has 0 aliphatic heterocycles. The van der Waals surface area contributed by atoms with E-state index in [0.29, 0.717) is 5.95 Å². The highest BCUT2D eigenvalue weighted by Crippen LogP contribution is 2.06. The van der Waals surface area contributed by atoms with Crippen molar-refractivity contribution in [3.05, 3.63) is 24.3 Å². The number of hydrogen-bond donors (Lipinski definition) is 3. The number of hydrogen-bond acceptors (Lipinski definition) is 2. The topological polar surface area (TPSA) is 68.0 Å². The number of rotatable bonds is 1. The number of H-pyrrole nitrogens is 2. The monoisotopic (exact) mass is 149 g/mol. The van der Waals surface area contributed by atoms with Crippen molar-refractivity contribution >= 4 is 17.0 Å². The first-order chi connectivity index (χ1) is 5.40. The summed E-state index contributed by atoms with van der Waals surface area (Å²) < 4.78 is 0. The molecule has 11 heavy (non-hydrogen) atoms. The first-order valence-corrected chi connectivity index (χ1v) is 3.37. The molecule has 1 heterocycles. The Morgan fingerprint density at radius 1 is 1.36 bits per heavy atom. The van der Waals surface area contributed by atoms with Crippen LogP contribution >= 0.6 is 0 Å². The molecular weight excluding hydrogens is 140 g/mol. The van der Waals surface area contributed by atoms with E-state index in [1.54, 1.807) is 0 Å². The molecule has 1 aromatic heterocycles. The lowest BCUT2D eigenvalue weighted by Crippen LogP contribution is -2.15. The number of imidazole rings is 1. The number of benzene rings is 1. The molecule has 0 saturated carbocycles. The zero-order valence-corrected chi connectivity index (χ0v) is 5.89. The largest absolute Gasteiger partial charge is 0.370 e. The zero-order chi connectivity index (χ0) is 7.68. The fraction of sp³-hybridized carbons (Fsp3) is 0. The van der Waals surface area contributed by atoms with Crippen LogP contribution in [0.25, 0.3) is 11.0 Å². The molecule has 0 radical (unpaired) electrons. The standard InChI is InChI=1S/C7H8N4/c8-11-7-9-5-3-1-2-4-6(5)10-7/h1-4H,8H2,(H2,9,10,11)/p+1. The minimum Gasteiger partial charge on any atom is -0.240 e. The van der Waals surface area contributed by atoms with Crippen LogP contribution in [-0.4, -0.2) is 4.98 Å². The van der Waals surface area contributed by atoms with Gasteiger partial charge in [-0.3, -0.25) is 0 Å². The van der Waals surface area contributed by atoms with Gasteiger partial charge in [0.05, 0.1) is 0 Å². The molecule has 0 spiro atoms. The third-order valence-electron chi connectivity index (χ3n) is 1.59. The van der Waals surface area contributed by atoms with Crippen LogP contribution in [0.1, 0.15) is 0 Å². The summed E-state index contributed by atoms with van der Waals surface area (Å²) in [6.45, 7) is 0. The normalized spacial score (nSPS) is 10.3. The van der Waals surface area contributed by atoms with Crippen molar-refractivity contribution in [1.82, 2.24) is 4.98 Å². The Morgan fingerprint density at radius 2 is 2.18 bits per heavy atom. The van der Waals surface area contributed by atoms with Crippen molar-refractivity contribution in [3.63, 3.8) is 0 Å². The molecule has 0 atom stereocenters. The van der Waals surface area contributed by atoms with E-state index in [9.17, 15) is 0 Å². The van der Waals surface area contributed by atoms with Crippen molar-refractivity contribution in [2.75, 3.05) is 5.43 Å². The number of aromatic nitrogens is 2. The molecule has 0 bridgehead atoms. The third-order valence-corrected chi connectivity index (χ3v) is 1.59. The van der Waals surface area contributed by atoms with Crippen molar-refractivity contribution in [3.8, 4) is 0 Å². The Morgan fingerprint density at radius 3 is 2.91 bits per heavy atom. The summed E-state index contributed by atoms with van der Waals surface area (Å²) in [4.78, 5) is 6.11. The van der Waals surface area contributed by atoms with Gasteiger partial charge in [-0.25, -0.2) is 15.4 Å². The molecule has 2 rings (SSSR count). The Bertz CT molecular complexity index is 332. The molecule has 0 aliphatic carbocycles. The summed E-state index contributed by atoms with van der Waals surface area (Å²) in [5.74, 6) is 5.92. The molecule has 0 saturated heterocycles. The van der Waals surface area contributed by atoms with Crippen LogP contribution in [0.2, 0.25) is 0 Å². The number of fused-ring (bicyclic) bond motifs is 1. The van der Waals surface area contributed by atoms with Crippen LogP contribution in [-0.2, 0) is 0 Å². The number of nitrogen functional groups attached to an aromatic ring is 1. The summed E-state index contributed by atoms with van der Waals surface area (Å²) >= 11 is 0. The lowest BCUT2D eigenvalue weighted by molar-refractivity contribution is -0.326. The molecule has 1 aromatic carbocycles.